The molecule has 2 aromatic rings. The van der Waals surface area contributed by atoms with Crippen molar-refractivity contribution in [3.63, 3.8) is 0 Å². The van der Waals surface area contributed by atoms with Gasteiger partial charge >= 0.3 is 0 Å². The summed E-state index contributed by atoms with van der Waals surface area (Å²) in [6.45, 7) is 3.14. The van der Waals surface area contributed by atoms with E-state index in [1.54, 1.807) is 0 Å². The van der Waals surface area contributed by atoms with E-state index in [2.05, 4.69) is 4.72 Å². The van der Waals surface area contributed by atoms with Crippen molar-refractivity contribution in [2.75, 3.05) is 13.1 Å². The van der Waals surface area contributed by atoms with Gasteiger partial charge in [-0.15, -0.1) is 0 Å². The molecule has 1 atom stereocenters. The maximum Gasteiger partial charge on any atom is 0.279 e. The first kappa shape index (κ1) is 14.5. The van der Waals surface area contributed by atoms with Crippen LogP contribution in [0, 0.1) is 0 Å². The Morgan fingerprint density at radius 1 is 1.05 bits per heavy atom. The van der Waals surface area contributed by atoms with Crippen LogP contribution in [0.1, 0.15) is 31.4 Å². The summed E-state index contributed by atoms with van der Waals surface area (Å²) in [7, 11) is -3.39. The fourth-order valence-electron chi connectivity index (χ4n) is 2.92. The van der Waals surface area contributed by atoms with E-state index in [9.17, 15) is 8.42 Å². The van der Waals surface area contributed by atoms with Crippen molar-refractivity contribution in [1.82, 2.24) is 9.03 Å². The van der Waals surface area contributed by atoms with Crippen LogP contribution in [0.3, 0.4) is 0 Å². The molecule has 1 aliphatic heterocycles. The van der Waals surface area contributed by atoms with Crippen molar-refractivity contribution in [3.05, 3.63) is 48.0 Å². The van der Waals surface area contributed by atoms with Crippen LogP contribution in [0.25, 0.3) is 10.8 Å². The Kier molecular flexibility index (Phi) is 3.97. The zero-order chi connectivity index (χ0) is 14.9. The van der Waals surface area contributed by atoms with Crippen LogP contribution in [-0.2, 0) is 10.2 Å². The topological polar surface area (TPSA) is 49.4 Å². The van der Waals surface area contributed by atoms with E-state index in [-0.39, 0.29) is 6.04 Å². The van der Waals surface area contributed by atoms with Crippen LogP contribution >= 0.6 is 0 Å². The number of benzene rings is 2. The summed E-state index contributed by atoms with van der Waals surface area (Å²) in [5, 5.41) is 2.22. The smallest absolute Gasteiger partial charge is 0.195 e. The highest BCUT2D eigenvalue weighted by molar-refractivity contribution is 7.87. The van der Waals surface area contributed by atoms with E-state index >= 15 is 0 Å². The lowest BCUT2D eigenvalue weighted by molar-refractivity contribution is 0.457. The number of hydrogen-bond donors (Lipinski definition) is 1. The second-order valence-electron chi connectivity index (χ2n) is 5.52. The van der Waals surface area contributed by atoms with Crippen molar-refractivity contribution >= 4 is 21.0 Å². The van der Waals surface area contributed by atoms with E-state index in [0.29, 0.717) is 13.1 Å². The number of fused-ring (bicyclic) bond motifs is 1. The van der Waals surface area contributed by atoms with E-state index in [1.807, 2.05) is 49.4 Å². The third kappa shape index (κ3) is 2.95. The Hall–Kier alpha value is -1.43. The molecule has 0 aromatic heterocycles. The summed E-state index contributed by atoms with van der Waals surface area (Å²) >= 11 is 0. The first-order chi connectivity index (χ1) is 10.1. The minimum Gasteiger partial charge on any atom is -0.195 e. The molecule has 4 nitrogen and oxygen atoms in total. The standard InChI is InChI=1S/C16H20N2O2S/c1-13(17-21(19,20)18-11-4-5-12-18)15-10-6-8-14-7-2-3-9-16(14)15/h2-3,6-10,13,17H,4-5,11-12H2,1H3. The molecule has 1 N–H and O–H groups in total. The van der Waals surface area contributed by atoms with E-state index in [1.165, 1.54) is 4.31 Å². The Morgan fingerprint density at radius 3 is 2.48 bits per heavy atom. The molecular formula is C16H20N2O2S. The van der Waals surface area contributed by atoms with Crippen LogP contribution in [0.4, 0.5) is 0 Å². The fraction of sp³-hybridized carbons (Fsp3) is 0.375. The monoisotopic (exact) mass is 304 g/mol. The second kappa shape index (κ2) is 5.75. The van der Waals surface area contributed by atoms with Gasteiger partial charge in [0, 0.05) is 19.1 Å². The van der Waals surface area contributed by atoms with Crippen molar-refractivity contribution in [2.24, 2.45) is 0 Å². The molecule has 1 saturated heterocycles. The van der Waals surface area contributed by atoms with Gasteiger partial charge in [0.1, 0.15) is 0 Å². The maximum atomic E-state index is 12.4. The average Bonchev–Trinajstić information content (AvgIpc) is 3.01. The molecule has 0 bridgehead atoms. The van der Waals surface area contributed by atoms with Gasteiger partial charge < -0.3 is 0 Å². The second-order valence-corrected chi connectivity index (χ2v) is 7.22. The highest BCUT2D eigenvalue weighted by Crippen LogP contribution is 2.25. The van der Waals surface area contributed by atoms with Crippen LogP contribution in [0.15, 0.2) is 42.5 Å². The Bertz CT molecular complexity index is 732. The summed E-state index contributed by atoms with van der Waals surface area (Å²) in [6, 6.07) is 13.8. The van der Waals surface area contributed by atoms with Gasteiger partial charge in [0.2, 0.25) is 0 Å². The molecule has 112 valence electrons. The molecule has 1 heterocycles. The van der Waals surface area contributed by atoms with E-state index < -0.39 is 10.2 Å². The molecule has 5 heteroatoms. The zero-order valence-electron chi connectivity index (χ0n) is 12.1. The number of nitrogens with zero attached hydrogens (tertiary/aromatic N) is 1. The largest absolute Gasteiger partial charge is 0.279 e. The zero-order valence-corrected chi connectivity index (χ0v) is 12.9. The van der Waals surface area contributed by atoms with Gasteiger partial charge in [0.25, 0.3) is 10.2 Å². The molecule has 0 saturated carbocycles. The van der Waals surface area contributed by atoms with Crippen LogP contribution in [0.2, 0.25) is 0 Å². The molecule has 0 aliphatic carbocycles. The molecule has 0 radical (unpaired) electrons. The van der Waals surface area contributed by atoms with Crippen molar-refractivity contribution in [2.45, 2.75) is 25.8 Å². The van der Waals surface area contributed by atoms with Gasteiger partial charge in [0.15, 0.2) is 0 Å². The van der Waals surface area contributed by atoms with Gasteiger partial charge in [-0.2, -0.15) is 17.4 Å². The van der Waals surface area contributed by atoms with Gasteiger partial charge in [0.05, 0.1) is 0 Å². The van der Waals surface area contributed by atoms with Gasteiger partial charge in [-0.25, -0.2) is 0 Å². The Morgan fingerprint density at radius 2 is 1.71 bits per heavy atom. The molecule has 1 unspecified atom stereocenters. The summed E-state index contributed by atoms with van der Waals surface area (Å²) < 4.78 is 29.1. The predicted octanol–water partition coefficient (Wildman–Crippen LogP) is 2.83. The summed E-state index contributed by atoms with van der Waals surface area (Å²) in [5.74, 6) is 0. The van der Waals surface area contributed by atoms with E-state index in [4.69, 9.17) is 0 Å². The van der Waals surface area contributed by atoms with Crippen molar-refractivity contribution < 1.29 is 8.42 Å². The first-order valence-corrected chi connectivity index (χ1v) is 8.77. The third-order valence-corrected chi connectivity index (χ3v) is 5.72. The van der Waals surface area contributed by atoms with Gasteiger partial charge in [-0.1, -0.05) is 42.5 Å². The highest BCUT2D eigenvalue weighted by Gasteiger charge is 2.27. The quantitative estimate of drug-likeness (QED) is 0.944. The van der Waals surface area contributed by atoms with Crippen LogP contribution < -0.4 is 4.72 Å². The van der Waals surface area contributed by atoms with Gasteiger partial charge in [-0.05, 0) is 36.1 Å². The number of rotatable bonds is 4. The van der Waals surface area contributed by atoms with E-state index in [0.717, 1.165) is 29.2 Å². The molecule has 0 spiro atoms. The fourth-order valence-corrected chi connectivity index (χ4v) is 4.38. The first-order valence-electron chi connectivity index (χ1n) is 7.33. The molecule has 2 aromatic carbocycles. The summed E-state index contributed by atoms with van der Waals surface area (Å²) in [4.78, 5) is 0. The lowest BCUT2D eigenvalue weighted by Crippen LogP contribution is -2.40. The third-order valence-electron chi connectivity index (χ3n) is 4.02. The Balaban J connectivity index is 1.89. The maximum absolute atomic E-state index is 12.4. The predicted molar refractivity (Wildman–Crippen MR) is 85.2 cm³/mol. The van der Waals surface area contributed by atoms with Gasteiger partial charge in [-0.3, -0.25) is 0 Å². The molecule has 21 heavy (non-hydrogen) atoms. The van der Waals surface area contributed by atoms with Crippen molar-refractivity contribution in [3.8, 4) is 0 Å². The minimum absolute atomic E-state index is 0.248. The number of nitrogens with one attached hydrogen (secondary N) is 1. The Labute approximate surface area is 126 Å². The molecule has 3 rings (SSSR count). The molecule has 1 aliphatic rings. The normalized spacial score (nSPS) is 18.1. The van der Waals surface area contributed by atoms with Crippen molar-refractivity contribution in [1.29, 1.82) is 0 Å². The van der Waals surface area contributed by atoms with Crippen LogP contribution in [0.5, 0.6) is 0 Å². The summed E-state index contributed by atoms with van der Waals surface area (Å²) in [5.41, 5.74) is 1.01. The SMILES string of the molecule is CC(NS(=O)(=O)N1CCCC1)c1cccc2ccccc12. The molecule has 1 fully saturated rings. The molecular weight excluding hydrogens is 284 g/mol. The highest BCUT2D eigenvalue weighted by atomic mass is 32.2. The number of hydrogen-bond acceptors (Lipinski definition) is 2. The lowest BCUT2D eigenvalue weighted by Gasteiger charge is -2.21. The average molecular weight is 304 g/mol. The molecule has 0 amide bonds. The minimum atomic E-state index is -3.39. The van der Waals surface area contributed by atoms with Crippen LogP contribution in [-0.4, -0.2) is 25.8 Å². The lowest BCUT2D eigenvalue weighted by atomic mass is 10.0. The summed E-state index contributed by atoms with van der Waals surface area (Å²) in [6.07, 6.45) is 1.90.